The number of aliphatic imine (C=N–C) groups is 1. The summed E-state index contributed by atoms with van der Waals surface area (Å²) in [5.74, 6) is 1.36. The third kappa shape index (κ3) is 10.4. The Morgan fingerprint density at radius 3 is 2.31 bits per heavy atom. The van der Waals surface area contributed by atoms with Crippen LogP contribution in [0.2, 0.25) is 0 Å². The number of hydrogen-bond acceptors (Lipinski definition) is 4. The largest absolute Gasteiger partial charge is 0.379 e. The van der Waals surface area contributed by atoms with Crippen LogP contribution in [0, 0.1) is 5.92 Å². The van der Waals surface area contributed by atoms with E-state index in [-0.39, 0.29) is 36.0 Å². The average molecular weight is 561 g/mol. The summed E-state index contributed by atoms with van der Waals surface area (Å²) < 4.78 is 5.50. The summed E-state index contributed by atoms with van der Waals surface area (Å²) in [5, 5.41) is 12.5. The lowest BCUT2D eigenvalue weighted by atomic mass is 10.0. The summed E-state index contributed by atoms with van der Waals surface area (Å²) in [6.07, 6.45) is 0. The molecule has 1 aliphatic rings. The van der Waals surface area contributed by atoms with E-state index in [9.17, 15) is 4.79 Å². The van der Waals surface area contributed by atoms with E-state index in [1.165, 1.54) is 0 Å². The number of guanidine groups is 1. The third-order valence-electron chi connectivity index (χ3n) is 5.16. The molecule has 2 amide bonds. The zero-order chi connectivity index (χ0) is 22.6. The fraction of sp³-hybridized carbons (Fsp3) is 0.652. The molecular weight excluding hydrogens is 519 g/mol. The van der Waals surface area contributed by atoms with Crippen LogP contribution in [0.4, 0.5) is 10.5 Å². The van der Waals surface area contributed by atoms with E-state index in [1.807, 2.05) is 38.1 Å². The van der Waals surface area contributed by atoms with Crippen molar-refractivity contribution in [3.8, 4) is 0 Å². The zero-order valence-corrected chi connectivity index (χ0v) is 22.4. The van der Waals surface area contributed by atoms with Crippen LogP contribution in [-0.4, -0.2) is 68.4 Å². The van der Waals surface area contributed by atoms with E-state index in [4.69, 9.17) is 9.73 Å². The lowest BCUT2D eigenvalue weighted by Gasteiger charge is -2.37. The summed E-state index contributed by atoms with van der Waals surface area (Å²) in [6, 6.07) is 8.13. The van der Waals surface area contributed by atoms with E-state index >= 15 is 0 Å². The highest BCUT2D eigenvalue weighted by atomic mass is 127. The second kappa shape index (κ2) is 15.3. The van der Waals surface area contributed by atoms with Gasteiger partial charge in [-0.1, -0.05) is 26.0 Å². The van der Waals surface area contributed by atoms with Crippen molar-refractivity contribution >= 4 is 41.7 Å². The van der Waals surface area contributed by atoms with E-state index in [2.05, 4.69) is 46.9 Å². The summed E-state index contributed by atoms with van der Waals surface area (Å²) in [4.78, 5) is 19.1. The van der Waals surface area contributed by atoms with Gasteiger partial charge < -0.3 is 26.0 Å². The highest BCUT2D eigenvalue weighted by Gasteiger charge is 2.23. The van der Waals surface area contributed by atoms with Gasteiger partial charge in [0, 0.05) is 44.0 Å². The van der Waals surface area contributed by atoms with Gasteiger partial charge in [-0.25, -0.2) is 9.79 Å². The van der Waals surface area contributed by atoms with Crippen molar-refractivity contribution in [3.05, 3.63) is 29.8 Å². The highest BCUT2D eigenvalue weighted by molar-refractivity contribution is 14.0. The van der Waals surface area contributed by atoms with Gasteiger partial charge in [0.05, 0.1) is 19.8 Å². The van der Waals surface area contributed by atoms with Crippen LogP contribution >= 0.6 is 24.0 Å². The van der Waals surface area contributed by atoms with Crippen molar-refractivity contribution in [1.82, 2.24) is 20.9 Å². The number of ether oxygens (including phenoxy) is 1. The molecule has 1 aromatic rings. The van der Waals surface area contributed by atoms with Crippen molar-refractivity contribution in [2.75, 3.05) is 44.7 Å². The molecule has 4 N–H and O–H groups in total. The van der Waals surface area contributed by atoms with Crippen LogP contribution in [0.5, 0.6) is 0 Å². The number of benzene rings is 1. The third-order valence-corrected chi connectivity index (χ3v) is 5.16. The Kier molecular flexibility index (Phi) is 13.6. The maximum atomic E-state index is 11.8. The van der Waals surface area contributed by atoms with E-state index in [0.717, 1.165) is 56.6 Å². The number of carbonyl (C=O) groups excluding carboxylic acids is 1. The van der Waals surface area contributed by atoms with Crippen LogP contribution in [-0.2, 0) is 11.3 Å². The van der Waals surface area contributed by atoms with Crippen molar-refractivity contribution in [1.29, 1.82) is 0 Å². The molecule has 0 aliphatic carbocycles. The topological polar surface area (TPSA) is 90.0 Å². The summed E-state index contributed by atoms with van der Waals surface area (Å²) in [5.41, 5.74) is 1.85. The average Bonchev–Trinajstić information content (AvgIpc) is 2.73. The normalized spacial score (nSPS) is 15.8. The SMILES string of the molecule is CCNC(=NCc1ccc(NC(=O)NC(C)C)cc1)NCC(C(C)C)N1CCOCC1.I. The molecule has 0 spiro atoms. The van der Waals surface area contributed by atoms with Crippen LogP contribution in [0.1, 0.15) is 40.2 Å². The van der Waals surface area contributed by atoms with Gasteiger partial charge >= 0.3 is 6.03 Å². The van der Waals surface area contributed by atoms with Crippen LogP contribution in [0.25, 0.3) is 0 Å². The molecule has 1 saturated heterocycles. The number of halogens is 1. The lowest BCUT2D eigenvalue weighted by molar-refractivity contribution is 0.00752. The predicted octanol–water partition coefficient (Wildman–Crippen LogP) is 3.25. The van der Waals surface area contributed by atoms with Gasteiger partial charge in [-0.3, -0.25) is 4.90 Å². The minimum atomic E-state index is -0.195. The molecule has 1 fully saturated rings. The Morgan fingerprint density at radius 1 is 1.09 bits per heavy atom. The second-order valence-electron chi connectivity index (χ2n) is 8.49. The lowest BCUT2D eigenvalue weighted by Crippen LogP contribution is -2.52. The quantitative estimate of drug-likeness (QED) is 0.212. The molecule has 0 saturated carbocycles. The van der Waals surface area contributed by atoms with Gasteiger partial charge in [0.2, 0.25) is 0 Å². The smallest absolute Gasteiger partial charge is 0.319 e. The molecule has 0 radical (unpaired) electrons. The molecule has 0 aromatic heterocycles. The molecule has 1 aliphatic heterocycles. The second-order valence-corrected chi connectivity index (χ2v) is 8.49. The van der Waals surface area contributed by atoms with E-state index in [0.29, 0.717) is 18.5 Å². The van der Waals surface area contributed by atoms with Gasteiger partial charge in [-0.05, 0) is 44.4 Å². The molecule has 182 valence electrons. The van der Waals surface area contributed by atoms with Gasteiger partial charge in [-0.2, -0.15) is 0 Å². The maximum absolute atomic E-state index is 11.8. The first kappa shape index (κ1) is 28.4. The van der Waals surface area contributed by atoms with Gasteiger partial charge in [0.15, 0.2) is 5.96 Å². The minimum absolute atomic E-state index is 0. The fourth-order valence-electron chi connectivity index (χ4n) is 3.53. The Balaban J connectivity index is 0.00000512. The van der Waals surface area contributed by atoms with Crippen LogP contribution < -0.4 is 21.3 Å². The first-order valence-corrected chi connectivity index (χ1v) is 11.4. The number of anilines is 1. The molecule has 32 heavy (non-hydrogen) atoms. The predicted molar refractivity (Wildman–Crippen MR) is 143 cm³/mol. The molecule has 0 bridgehead atoms. The monoisotopic (exact) mass is 560 g/mol. The van der Waals surface area contributed by atoms with Crippen molar-refractivity contribution < 1.29 is 9.53 Å². The van der Waals surface area contributed by atoms with Crippen LogP contribution in [0.15, 0.2) is 29.3 Å². The number of urea groups is 1. The Hall–Kier alpha value is -1.59. The zero-order valence-electron chi connectivity index (χ0n) is 20.1. The Bertz CT molecular complexity index is 690. The van der Waals surface area contributed by atoms with Crippen molar-refractivity contribution in [2.24, 2.45) is 10.9 Å². The fourth-order valence-corrected chi connectivity index (χ4v) is 3.53. The molecule has 1 unspecified atom stereocenters. The number of rotatable bonds is 9. The van der Waals surface area contributed by atoms with Crippen LogP contribution in [0.3, 0.4) is 0 Å². The van der Waals surface area contributed by atoms with Gasteiger partial charge in [-0.15, -0.1) is 24.0 Å². The molecule has 1 atom stereocenters. The summed E-state index contributed by atoms with van der Waals surface area (Å²) in [7, 11) is 0. The highest BCUT2D eigenvalue weighted by Crippen LogP contribution is 2.13. The molecule has 2 rings (SSSR count). The standard InChI is InChI=1S/C23H40N6O2.HI/c1-6-24-22(26-16-21(17(2)3)29-11-13-31-14-12-29)25-15-19-7-9-20(10-8-19)28-23(30)27-18(4)5;/h7-10,17-18,21H,6,11-16H2,1-5H3,(H2,24,25,26)(H2,27,28,30);1H. The number of carbonyl (C=O) groups is 1. The number of nitrogens with one attached hydrogen (secondary N) is 4. The van der Waals surface area contributed by atoms with Gasteiger partial charge in [0.25, 0.3) is 0 Å². The Labute approximate surface area is 210 Å². The molecule has 1 heterocycles. The Morgan fingerprint density at radius 2 is 1.75 bits per heavy atom. The molecule has 9 heteroatoms. The number of nitrogens with zero attached hydrogens (tertiary/aromatic N) is 2. The molecule has 1 aromatic carbocycles. The van der Waals surface area contributed by atoms with Gasteiger partial charge in [0.1, 0.15) is 0 Å². The summed E-state index contributed by atoms with van der Waals surface area (Å²) in [6.45, 7) is 16.3. The van der Waals surface area contributed by atoms with E-state index in [1.54, 1.807) is 0 Å². The molecule has 8 nitrogen and oxygen atoms in total. The van der Waals surface area contributed by atoms with E-state index < -0.39 is 0 Å². The van der Waals surface area contributed by atoms with Crippen molar-refractivity contribution in [2.45, 2.75) is 53.2 Å². The minimum Gasteiger partial charge on any atom is -0.379 e. The van der Waals surface area contributed by atoms with Crippen molar-refractivity contribution in [3.63, 3.8) is 0 Å². The molecular formula is C23H41IN6O2. The maximum Gasteiger partial charge on any atom is 0.319 e. The number of hydrogen-bond donors (Lipinski definition) is 4. The number of morpholine rings is 1. The first-order valence-electron chi connectivity index (χ1n) is 11.4. The summed E-state index contributed by atoms with van der Waals surface area (Å²) >= 11 is 0. The first-order chi connectivity index (χ1) is 14.9. The number of amides is 2.